The van der Waals surface area contributed by atoms with Gasteiger partial charge in [-0.2, -0.15) is 0 Å². The van der Waals surface area contributed by atoms with Crippen molar-refractivity contribution in [1.29, 1.82) is 0 Å². The number of rotatable bonds is 0. The molecule has 0 aromatic heterocycles. The van der Waals surface area contributed by atoms with Crippen LogP contribution in [0.15, 0.2) is 24.3 Å². The number of benzene rings is 1. The second-order valence-corrected chi connectivity index (χ2v) is 6.05. The van der Waals surface area contributed by atoms with Crippen molar-refractivity contribution < 1.29 is 26.1 Å². The molecule has 0 bridgehead atoms. The first-order valence-corrected chi connectivity index (χ1v) is 6.19. The van der Waals surface area contributed by atoms with Crippen LogP contribution in [0.2, 0.25) is 0 Å². The van der Waals surface area contributed by atoms with E-state index in [1.807, 2.05) is 0 Å². The zero-order chi connectivity index (χ0) is 5.98. The molecule has 0 amide bonds. The van der Waals surface area contributed by atoms with E-state index >= 15 is 0 Å². The third-order valence-corrected chi connectivity index (χ3v) is 3.47. The van der Waals surface area contributed by atoms with E-state index in [4.69, 9.17) is 0 Å². The summed E-state index contributed by atoms with van der Waals surface area (Å²) in [5.74, 6) is 0. The van der Waals surface area contributed by atoms with E-state index in [1.54, 1.807) is 0 Å². The Kier molecular flexibility index (Phi) is 2.76. The zero-order valence-corrected chi connectivity index (χ0v) is 12.0. The molecule has 0 N–H and O–H groups in total. The van der Waals surface area contributed by atoms with E-state index in [0.29, 0.717) is 0 Å². The molecule has 0 saturated carbocycles. The molecule has 1 aromatic rings. The molecule has 0 radical (unpaired) electrons. The van der Waals surface area contributed by atoms with E-state index in [1.165, 1.54) is 6.64 Å². The van der Waals surface area contributed by atoms with Crippen LogP contribution in [0.1, 0.15) is 0 Å². The molecule has 0 atom stereocenters. The zero-order valence-electron chi connectivity index (χ0n) is 4.39. The fourth-order valence-corrected chi connectivity index (χ4v) is 1.76. The van der Waals surface area contributed by atoms with Gasteiger partial charge in [0.25, 0.3) is 0 Å². The number of hydrogen-bond donors (Lipinski definition) is 0. The first-order valence-electron chi connectivity index (χ1n) is 2.36. The maximum absolute atomic E-state index is 2.32. The third-order valence-electron chi connectivity index (χ3n) is 0.913. The van der Waals surface area contributed by atoms with Gasteiger partial charge in [-0.25, -0.2) is 0 Å². The summed E-state index contributed by atoms with van der Waals surface area (Å²) in [6, 6.07) is 8.71. The average Bonchev–Trinajstić information content (AvgIpc) is 1.77. The number of hydrogen-bond acceptors (Lipinski definition) is 0. The molecule has 0 fully saturated rings. The van der Waals surface area contributed by atoms with Crippen LogP contribution in [0, 0.1) is 3.57 Å². The first-order chi connectivity index (χ1) is 3.79. The van der Waals surface area contributed by atoms with Crippen LogP contribution in [0.25, 0.3) is 0 Å². The normalized spacial score (nSPS) is 9.38. The molecule has 0 unspecified atom stereocenters. The van der Waals surface area contributed by atoms with Crippen molar-refractivity contribution in [2.75, 3.05) is 0 Å². The number of halogens is 1. The van der Waals surface area contributed by atoms with E-state index < -0.39 is 0 Å². The maximum atomic E-state index is 2.32. The molecule has 0 heterocycles. The van der Waals surface area contributed by atoms with Gasteiger partial charge in [-0.3, -0.25) is 0 Å². The van der Waals surface area contributed by atoms with Gasteiger partial charge in [-0.15, -0.1) is 0 Å². The summed E-state index contributed by atoms with van der Waals surface area (Å²) in [6.45, 7) is 0. The molecule has 0 saturated heterocycles. The summed E-state index contributed by atoms with van der Waals surface area (Å²) in [5.41, 5.74) is 0. The Hall–Kier alpha value is 0.885. The molecule has 1 rings (SSSR count). The fraction of sp³-hybridized carbons (Fsp3) is 0. The van der Waals surface area contributed by atoms with E-state index in [2.05, 4.69) is 46.9 Å². The van der Waals surface area contributed by atoms with E-state index in [-0.39, 0.29) is 0 Å². The van der Waals surface area contributed by atoms with Crippen molar-refractivity contribution >= 4 is 25.7 Å². The monoisotopic (exact) mass is 405 g/mol. The van der Waals surface area contributed by atoms with Gasteiger partial charge in [0.1, 0.15) is 0 Å². The Morgan fingerprint density at radius 1 is 1.12 bits per heavy atom. The van der Waals surface area contributed by atoms with Crippen LogP contribution in [0.4, 0.5) is 0 Å². The summed E-state index contributed by atoms with van der Waals surface area (Å²) >= 11 is 3.12. The molecular formula is C6H4HgI+. The molecular weight excluding hydrogens is 400 g/mol. The first kappa shape index (κ1) is 7.00. The van der Waals surface area contributed by atoms with Crippen LogP contribution in [-0.4, -0.2) is 0 Å². The van der Waals surface area contributed by atoms with Gasteiger partial charge in [-0.05, 0) is 0 Å². The van der Waals surface area contributed by atoms with Gasteiger partial charge in [0.05, 0.1) is 0 Å². The van der Waals surface area contributed by atoms with Crippen LogP contribution in [0.3, 0.4) is 0 Å². The molecule has 1 aromatic carbocycles. The van der Waals surface area contributed by atoms with Crippen molar-refractivity contribution in [1.82, 2.24) is 0 Å². The molecule has 0 aliphatic rings. The standard InChI is InChI=1S/C6H4I.Hg/c7-6-4-2-1-3-5-6;/h2-5H;/q;+1. The average molecular weight is 404 g/mol. The summed E-state index contributed by atoms with van der Waals surface area (Å²) < 4.78 is 2.85. The van der Waals surface area contributed by atoms with Crippen LogP contribution in [0.5, 0.6) is 0 Å². The van der Waals surface area contributed by atoms with Gasteiger partial charge >= 0.3 is 79.6 Å². The summed E-state index contributed by atoms with van der Waals surface area (Å²) in [4.78, 5) is 0. The van der Waals surface area contributed by atoms with Crippen LogP contribution >= 0.6 is 22.6 Å². The Bertz CT molecular complexity index is 147. The predicted octanol–water partition coefficient (Wildman–Crippen LogP) is 1.46. The van der Waals surface area contributed by atoms with Crippen molar-refractivity contribution in [2.24, 2.45) is 0 Å². The summed E-state index contributed by atoms with van der Waals surface area (Å²) in [6.07, 6.45) is 0. The molecule has 0 spiro atoms. The Morgan fingerprint density at radius 3 is 2.00 bits per heavy atom. The van der Waals surface area contributed by atoms with Crippen molar-refractivity contribution in [2.45, 2.75) is 0 Å². The molecule has 0 nitrogen and oxygen atoms in total. The van der Waals surface area contributed by atoms with Gasteiger partial charge < -0.3 is 0 Å². The second kappa shape index (κ2) is 3.15. The Balaban J connectivity index is 3.03. The van der Waals surface area contributed by atoms with E-state index in [9.17, 15) is 0 Å². The second-order valence-electron chi connectivity index (χ2n) is 1.63. The van der Waals surface area contributed by atoms with Gasteiger partial charge in [0, 0.05) is 0 Å². The molecule has 0 aliphatic heterocycles. The molecule has 8 heavy (non-hydrogen) atoms. The topological polar surface area (TPSA) is 0 Å². The van der Waals surface area contributed by atoms with Crippen molar-refractivity contribution in [3.8, 4) is 0 Å². The quantitative estimate of drug-likeness (QED) is 0.455. The van der Waals surface area contributed by atoms with E-state index in [0.717, 1.165) is 26.1 Å². The molecule has 36 valence electrons. The fourth-order valence-electron chi connectivity index (χ4n) is 0.484. The third kappa shape index (κ3) is 2.01. The Labute approximate surface area is 78.8 Å². The van der Waals surface area contributed by atoms with Crippen LogP contribution in [-0.2, 0) is 26.1 Å². The van der Waals surface area contributed by atoms with Crippen molar-refractivity contribution in [3.63, 3.8) is 0 Å². The summed E-state index contributed by atoms with van der Waals surface area (Å²) in [5, 5.41) is 0. The van der Waals surface area contributed by atoms with Gasteiger partial charge in [0.2, 0.25) is 0 Å². The molecule has 0 aliphatic carbocycles. The molecule has 2 heteroatoms. The minimum atomic E-state index is 0.798. The predicted molar refractivity (Wildman–Crippen MR) is 38.8 cm³/mol. The van der Waals surface area contributed by atoms with Gasteiger partial charge in [-0.1, -0.05) is 0 Å². The Morgan fingerprint density at radius 2 is 1.62 bits per heavy atom. The minimum absolute atomic E-state index is 0.798. The van der Waals surface area contributed by atoms with Crippen LogP contribution < -0.4 is 3.07 Å². The summed E-state index contributed by atoms with van der Waals surface area (Å²) in [7, 11) is 0. The SMILES string of the molecule is Ic1cc[c]([Hg+])cc1. The van der Waals surface area contributed by atoms with Gasteiger partial charge in [0.15, 0.2) is 0 Å². The van der Waals surface area contributed by atoms with Crippen molar-refractivity contribution in [3.05, 3.63) is 27.8 Å².